The number of imide groups is 1. The van der Waals surface area contributed by atoms with Crippen molar-refractivity contribution in [2.75, 3.05) is 11.5 Å². The van der Waals surface area contributed by atoms with Gasteiger partial charge in [0.2, 0.25) is 5.75 Å². The van der Waals surface area contributed by atoms with Gasteiger partial charge in [0.15, 0.2) is 12.4 Å². The van der Waals surface area contributed by atoms with Gasteiger partial charge < -0.3 is 9.47 Å². The standard InChI is InChI=1S/C29H16ClN3O10/c30-20-7-4-10-23(33(40)41)26(20)43-17-13-11-16(12-14-17)24(34)15-42-29(37)18-5-1-2-8-21(18)31-27(35)19-6-3-9-22(32(38)39)25(19)28(31)36/h1-14H,15H2. The molecule has 0 unspecified atom stereocenters. The second-order valence-corrected chi connectivity index (χ2v) is 9.30. The number of nitrogens with zero attached hydrogens (tertiary/aromatic N) is 3. The lowest BCUT2D eigenvalue weighted by molar-refractivity contribution is -0.385. The normalized spacial score (nSPS) is 12.1. The molecule has 0 atom stereocenters. The molecule has 0 saturated carbocycles. The number of ether oxygens (including phenoxy) is 2. The van der Waals surface area contributed by atoms with E-state index in [0.29, 0.717) is 4.90 Å². The quantitative estimate of drug-likeness (QED) is 0.0750. The van der Waals surface area contributed by atoms with E-state index >= 15 is 0 Å². The molecule has 1 heterocycles. The SMILES string of the molecule is O=C(COC(=O)c1ccccc1N1C(=O)c2cccc([N+](=O)[O-])c2C1=O)c1ccc(Oc2c(Cl)cccc2[N+](=O)[O-])cc1. The van der Waals surface area contributed by atoms with Gasteiger partial charge in [-0.2, -0.15) is 0 Å². The summed E-state index contributed by atoms with van der Waals surface area (Å²) in [4.78, 5) is 73.8. The van der Waals surface area contributed by atoms with E-state index in [1.807, 2.05) is 0 Å². The van der Waals surface area contributed by atoms with E-state index in [0.717, 1.165) is 6.07 Å². The van der Waals surface area contributed by atoms with Crippen molar-refractivity contribution in [2.45, 2.75) is 0 Å². The van der Waals surface area contributed by atoms with Crippen LogP contribution in [0.2, 0.25) is 5.02 Å². The monoisotopic (exact) mass is 601 g/mol. The van der Waals surface area contributed by atoms with Crippen LogP contribution in [0.5, 0.6) is 11.5 Å². The molecule has 0 aromatic heterocycles. The first kappa shape index (κ1) is 28.6. The van der Waals surface area contributed by atoms with Crippen molar-refractivity contribution in [1.29, 1.82) is 0 Å². The van der Waals surface area contributed by atoms with Crippen molar-refractivity contribution in [3.63, 3.8) is 0 Å². The number of amides is 2. The molecule has 0 radical (unpaired) electrons. The number of nitro benzene ring substituents is 2. The second kappa shape index (κ2) is 11.5. The van der Waals surface area contributed by atoms with Gasteiger partial charge in [0.05, 0.1) is 31.7 Å². The number of benzene rings is 4. The molecule has 1 aliphatic heterocycles. The molecule has 1 aliphatic rings. The third kappa shape index (κ3) is 5.39. The van der Waals surface area contributed by atoms with E-state index in [-0.39, 0.29) is 44.6 Å². The maximum absolute atomic E-state index is 13.1. The molecule has 0 fully saturated rings. The lowest BCUT2D eigenvalue weighted by Crippen LogP contribution is -2.31. The highest BCUT2D eigenvalue weighted by atomic mass is 35.5. The van der Waals surface area contributed by atoms with Gasteiger partial charge in [-0.1, -0.05) is 35.9 Å². The van der Waals surface area contributed by atoms with E-state index in [9.17, 15) is 39.4 Å². The van der Waals surface area contributed by atoms with Crippen LogP contribution in [0.3, 0.4) is 0 Å². The van der Waals surface area contributed by atoms with E-state index in [2.05, 4.69) is 0 Å². The van der Waals surface area contributed by atoms with Crippen LogP contribution in [-0.2, 0) is 4.74 Å². The summed E-state index contributed by atoms with van der Waals surface area (Å²) in [5.74, 6) is -3.50. The molecule has 0 spiro atoms. The Hall–Kier alpha value is -5.95. The number of carbonyl (C=O) groups is 4. The second-order valence-electron chi connectivity index (χ2n) is 8.89. The maximum Gasteiger partial charge on any atom is 0.340 e. The molecule has 4 aromatic carbocycles. The average molecular weight is 602 g/mol. The van der Waals surface area contributed by atoms with Crippen molar-refractivity contribution in [3.8, 4) is 11.5 Å². The number of nitro groups is 2. The van der Waals surface area contributed by atoms with E-state index in [4.69, 9.17) is 21.1 Å². The Labute approximate surface area is 246 Å². The predicted molar refractivity (Wildman–Crippen MR) is 150 cm³/mol. The lowest BCUT2D eigenvalue weighted by atomic mass is 10.1. The fourth-order valence-electron chi connectivity index (χ4n) is 4.34. The van der Waals surface area contributed by atoms with Gasteiger partial charge in [0.1, 0.15) is 11.3 Å². The summed E-state index contributed by atoms with van der Waals surface area (Å²) in [6, 6.07) is 18.6. The molecule has 0 aliphatic carbocycles. The number of rotatable bonds is 9. The third-order valence-electron chi connectivity index (χ3n) is 6.33. The van der Waals surface area contributed by atoms with Crippen LogP contribution >= 0.6 is 11.6 Å². The minimum absolute atomic E-state index is 0.0148. The highest BCUT2D eigenvalue weighted by Gasteiger charge is 2.43. The van der Waals surface area contributed by atoms with Gasteiger partial charge in [-0.25, -0.2) is 9.69 Å². The van der Waals surface area contributed by atoms with Gasteiger partial charge in [0.25, 0.3) is 17.5 Å². The zero-order valence-electron chi connectivity index (χ0n) is 21.6. The van der Waals surface area contributed by atoms with Crippen molar-refractivity contribution >= 4 is 52.2 Å². The molecule has 43 heavy (non-hydrogen) atoms. The Morgan fingerprint density at radius 1 is 0.791 bits per heavy atom. The molecule has 214 valence electrons. The van der Waals surface area contributed by atoms with Crippen molar-refractivity contribution < 1.29 is 38.5 Å². The van der Waals surface area contributed by atoms with Gasteiger partial charge in [-0.05, 0) is 48.5 Å². The minimum atomic E-state index is -1.03. The van der Waals surface area contributed by atoms with E-state index in [1.54, 1.807) is 0 Å². The van der Waals surface area contributed by atoms with Crippen LogP contribution in [0.4, 0.5) is 17.1 Å². The number of hydrogen-bond acceptors (Lipinski definition) is 10. The smallest absolute Gasteiger partial charge is 0.340 e. The zero-order valence-corrected chi connectivity index (χ0v) is 22.3. The van der Waals surface area contributed by atoms with Crippen LogP contribution in [0.1, 0.15) is 41.4 Å². The van der Waals surface area contributed by atoms with Crippen LogP contribution in [0.25, 0.3) is 0 Å². The fraction of sp³-hybridized carbons (Fsp3) is 0.0345. The van der Waals surface area contributed by atoms with Crippen molar-refractivity contribution in [1.82, 2.24) is 0 Å². The Morgan fingerprint density at radius 3 is 2.14 bits per heavy atom. The van der Waals surface area contributed by atoms with Crippen LogP contribution in [-0.4, -0.2) is 40.0 Å². The molecule has 2 amide bonds. The topological polar surface area (TPSA) is 176 Å². The largest absolute Gasteiger partial charge is 0.454 e. The Kier molecular flexibility index (Phi) is 7.64. The maximum atomic E-state index is 13.1. The van der Waals surface area contributed by atoms with Crippen LogP contribution in [0.15, 0.2) is 84.9 Å². The minimum Gasteiger partial charge on any atom is -0.454 e. The summed E-state index contributed by atoms with van der Waals surface area (Å²) in [6.45, 7) is -0.711. The summed E-state index contributed by atoms with van der Waals surface area (Å²) >= 11 is 6.04. The first-order valence-corrected chi connectivity index (χ1v) is 12.6. The van der Waals surface area contributed by atoms with Gasteiger partial charge in [0, 0.05) is 17.7 Å². The Balaban J connectivity index is 1.30. The number of fused-ring (bicyclic) bond motifs is 1. The summed E-state index contributed by atoms with van der Waals surface area (Å²) < 4.78 is 10.7. The number of ketones is 1. The van der Waals surface area contributed by atoms with Gasteiger partial charge in [-0.15, -0.1) is 0 Å². The molecule has 14 heteroatoms. The van der Waals surface area contributed by atoms with Crippen molar-refractivity contribution in [2.24, 2.45) is 0 Å². The number of carbonyl (C=O) groups excluding carboxylic acids is 4. The molecule has 5 rings (SSSR count). The van der Waals surface area contributed by atoms with Gasteiger partial charge in [-0.3, -0.25) is 34.6 Å². The first-order valence-electron chi connectivity index (χ1n) is 12.2. The molecular formula is C29H16ClN3O10. The fourth-order valence-corrected chi connectivity index (χ4v) is 4.55. The molecule has 0 N–H and O–H groups in total. The average Bonchev–Trinajstić information content (AvgIpc) is 3.26. The first-order chi connectivity index (χ1) is 20.6. The van der Waals surface area contributed by atoms with E-state index < -0.39 is 51.3 Å². The Morgan fingerprint density at radius 2 is 1.44 bits per heavy atom. The number of hydrogen-bond donors (Lipinski definition) is 0. The van der Waals surface area contributed by atoms with Gasteiger partial charge >= 0.3 is 11.7 Å². The molecular weight excluding hydrogens is 586 g/mol. The number of anilines is 1. The summed E-state index contributed by atoms with van der Waals surface area (Å²) in [5.41, 5.74) is -1.76. The van der Waals surface area contributed by atoms with E-state index in [1.165, 1.54) is 78.9 Å². The molecule has 4 aromatic rings. The summed E-state index contributed by atoms with van der Waals surface area (Å²) in [7, 11) is 0. The molecule has 0 bridgehead atoms. The zero-order chi connectivity index (χ0) is 30.8. The van der Waals surface area contributed by atoms with Crippen LogP contribution < -0.4 is 9.64 Å². The molecule has 13 nitrogen and oxygen atoms in total. The number of para-hydroxylation sites is 2. The number of halogens is 1. The van der Waals surface area contributed by atoms with Crippen molar-refractivity contribution in [3.05, 3.63) is 132 Å². The predicted octanol–water partition coefficient (Wildman–Crippen LogP) is 5.79. The summed E-state index contributed by atoms with van der Waals surface area (Å²) in [5, 5.41) is 22.7. The third-order valence-corrected chi connectivity index (χ3v) is 6.63. The summed E-state index contributed by atoms with van der Waals surface area (Å²) in [6.07, 6.45) is 0. The Bertz CT molecular complexity index is 1860. The van der Waals surface area contributed by atoms with Crippen LogP contribution in [0, 0.1) is 20.2 Å². The number of esters is 1. The number of Topliss-reactive ketones (excluding diaryl/α,β-unsaturated/α-hetero) is 1. The lowest BCUT2D eigenvalue weighted by Gasteiger charge is -2.17. The highest BCUT2D eigenvalue weighted by Crippen LogP contribution is 2.38. The highest BCUT2D eigenvalue weighted by molar-refractivity contribution is 6.36. The molecule has 0 saturated heterocycles.